The Balaban J connectivity index is 1.88. The molecule has 88 valence electrons. The molecule has 17 heavy (non-hydrogen) atoms. The molecule has 0 unspecified atom stereocenters. The Bertz CT molecular complexity index is 545. The zero-order chi connectivity index (χ0) is 11.5. The van der Waals surface area contributed by atoms with Crippen molar-refractivity contribution in [3.63, 3.8) is 0 Å². The molecule has 2 aliphatic carbocycles. The molecule has 0 amide bonds. The lowest BCUT2D eigenvalue weighted by Gasteiger charge is -2.29. The Labute approximate surface area is 104 Å². The minimum absolute atomic E-state index is 0.00560. The quantitative estimate of drug-likeness (QED) is 0.837. The van der Waals surface area contributed by atoms with Crippen molar-refractivity contribution in [1.82, 2.24) is 4.98 Å². The van der Waals surface area contributed by atoms with Crippen molar-refractivity contribution in [3.8, 4) is 0 Å². The number of thiazole rings is 1. The van der Waals surface area contributed by atoms with E-state index in [4.69, 9.17) is 4.98 Å². The molecule has 0 aliphatic heterocycles. The van der Waals surface area contributed by atoms with Crippen LogP contribution >= 0.6 is 11.3 Å². The topological polar surface area (TPSA) is 33.1 Å². The van der Waals surface area contributed by atoms with Crippen LogP contribution in [0.2, 0.25) is 0 Å². The van der Waals surface area contributed by atoms with E-state index in [-0.39, 0.29) is 11.5 Å². The maximum Gasteiger partial charge on any atom is 0.103 e. The molecule has 2 aliphatic rings. The van der Waals surface area contributed by atoms with E-state index in [9.17, 15) is 5.11 Å². The first kappa shape index (κ1) is 10.0. The van der Waals surface area contributed by atoms with E-state index < -0.39 is 0 Å². The summed E-state index contributed by atoms with van der Waals surface area (Å²) in [6, 6.07) is 8.29. The van der Waals surface area contributed by atoms with Gasteiger partial charge in [-0.2, -0.15) is 0 Å². The highest BCUT2D eigenvalue weighted by atomic mass is 32.1. The summed E-state index contributed by atoms with van der Waals surface area (Å²) in [5.41, 5.74) is 1.08. The van der Waals surface area contributed by atoms with Gasteiger partial charge in [0.2, 0.25) is 0 Å². The summed E-state index contributed by atoms with van der Waals surface area (Å²) in [5.74, 6) is 0.733. The maximum absolute atomic E-state index is 10.3. The Morgan fingerprint density at radius 2 is 2.24 bits per heavy atom. The largest absolute Gasteiger partial charge is 0.392 e. The highest BCUT2D eigenvalue weighted by molar-refractivity contribution is 7.18. The molecule has 0 radical (unpaired) electrons. The van der Waals surface area contributed by atoms with E-state index in [0.717, 1.165) is 30.7 Å². The van der Waals surface area contributed by atoms with Gasteiger partial charge in [-0.1, -0.05) is 12.1 Å². The zero-order valence-electron chi connectivity index (χ0n) is 9.60. The van der Waals surface area contributed by atoms with Gasteiger partial charge in [0.1, 0.15) is 5.01 Å². The highest BCUT2D eigenvalue weighted by Crippen LogP contribution is 2.56. The van der Waals surface area contributed by atoms with E-state index >= 15 is 0 Å². The molecule has 1 N–H and O–H groups in total. The van der Waals surface area contributed by atoms with Crippen molar-refractivity contribution >= 4 is 21.6 Å². The third kappa shape index (κ3) is 1.27. The van der Waals surface area contributed by atoms with Gasteiger partial charge in [0, 0.05) is 5.41 Å². The lowest BCUT2D eigenvalue weighted by molar-refractivity contribution is 0.0890. The third-order valence-electron chi connectivity index (χ3n) is 4.57. The van der Waals surface area contributed by atoms with E-state index in [1.807, 2.05) is 6.07 Å². The van der Waals surface area contributed by atoms with Gasteiger partial charge in [-0.25, -0.2) is 4.98 Å². The number of rotatable bonds is 1. The molecule has 2 aromatic rings. The van der Waals surface area contributed by atoms with Crippen LogP contribution in [0, 0.1) is 5.92 Å². The van der Waals surface area contributed by atoms with Crippen LogP contribution in [-0.4, -0.2) is 16.2 Å². The normalized spacial score (nSPS) is 35.8. The minimum atomic E-state index is -0.165. The molecule has 1 aromatic carbocycles. The Morgan fingerprint density at radius 3 is 2.94 bits per heavy atom. The highest BCUT2D eigenvalue weighted by Gasteiger charge is 2.54. The number of fused-ring (bicyclic) bond motifs is 3. The fourth-order valence-electron chi connectivity index (χ4n) is 3.65. The number of hydrogen-bond donors (Lipinski definition) is 1. The molecule has 2 bridgehead atoms. The summed E-state index contributed by atoms with van der Waals surface area (Å²) in [7, 11) is 0. The Kier molecular flexibility index (Phi) is 1.95. The molecule has 2 saturated carbocycles. The Morgan fingerprint density at radius 1 is 1.35 bits per heavy atom. The average molecular weight is 245 g/mol. The molecule has 2 fully saturated rings. The van der Waals surface area contributed by atoms with Crippen molar-refractivity contribution < 1.29 is 5.11 Å². The second-order valence-electron chi connectivity index (χ2n) is 5.50. The first-order valence-corrected chi connectivity index (χ1v) is 7.14. The number of aliphatic hydroxyl groups excluding tert-OH is 1. The molecule has 1 aromatic heterocycles. The van der Waals surface area contributed by atoms with Gasteiger partial charge in [-0.05, 0) is 43.7 Å². The number of aliphatic hydroxyl groups is 1. The van der Waals surface area contributed by atoms with Gasteiger partial charge in [-0.15, -0.1) is 11.3 Å². The van der Waals surface area contributed by atoms with Crippen molar-refractivity contribution in [2.45, 2.75) is 37.2 Å². The maximum atomic E-state index is 10.3. The van der Waals surface area contributed by atoms with Gasteiger partial charge in [0.25, 0.3) is 0 Å². The van der Waals surface area contributed by atoms with Gasteiger partial charge in [-0.3, -0.25) is 0 Å². The first-order chi connectivity index (χ1) is 8.28. The molecular formula is C14H15NOS. The lowest BCUT2D eigenvalue weighted by Crippen LogP contribution is -2.34. The van der Waals surface area contributed by atoms with Crippen LogP contribution in [0.25, 0.3) is 10.2 Å². The van der Waals surface area contributed by atoms with Crippen molar-refractivity contribution in [2.75, 3.05) is 0 Å². The van der Waals surface area contributed by atoms with Gasteiger partial charge < -0.3 is 5.11 Å². The second-order valence-corrected chi connectivity index (χ2v) is 6.53. The summed E-state index contributed by atoms with van der Waals surface area (Å²) >= 11 is 1.78. The summed E-state index contributed by atoms with van der Waals surface area (Å²) < 4.78 is 1.25. The smallest absolute Gasteiger partial charge is 0.103 e. The number of para-hydroxylation sites is 1. The van der Waals surface area contributed by atoms with Crippen LogP contribution in [0.3, 0.4) is 0 Å². The first-order valence-electron chi connectivity index (χ1n) is 6.32. The predicted octanol–water partition coefficient (Wildman–Crippen LogP) is 3.10. The molecule has 0 spiro atoms. The van der Waals surface area contributed by atoms with Gasteiger partial charge >= 0.3 is 0 Å². The van der Waals surface area contributed by atoms with Crippen LogP contribution in [-0.2, 0) is 5.41 Å². The lowest BCUT2D eigenvalue weighted by atomic mass is 9.82. The predicted molar refractivity (Wildman–Crippen MR) is 69.3 cm³/mol. The Hall–Kier alpha value is -0.930. The molecular weight excluding hydrogens is 230 g/mol. The summed E-state index contributed by atoms with van der Waals surface area (Å²) in [6.45, 7) is 0. The minimum Gasteiger partial charge on any atom is -0.392 e. The standard InChI is InChI=1S/C14H15NOS/c16-12-7-9-5-6-14(12,8-9)13-15-10-3-1-2-4-11(10)17-13/h1-4,9,12,16H,5-8H2/t9-,12+,14+/m0/s1. The van der Waals surface area contributed by atoms with E-state index in [0.29, 0.717) is 0 Å². The summed E-state index contributed by atoms with van der Waals surface area (Å²) in [6.07, 6.45) is 4.36. The molecule has 2 nitrogen and oxygen atoms in total. The van der Waals surface area contributed by atoms with Crippen molar-refractivity contribution in [3.05, 3.63) is 29.3 Å². The fraction of sp³-hybridized carbons (Fsp3) is 0.500. The number of hydrogen-bond acceptors (Lipinski definition) is 3. The SMILES string of the molecule is O[C@@H]1C[C@@H]2CC[C@@]1(c1nc3ccccc3s1)C2. The monoisotopic (exact) mass is 245 g/mol. The summed E-state index contributed by atoms with van der Waals surface area (Å²) in [5, 5.41) is 11.5. The molecule has 0 saturated heterocycles. The zero-order valence-corrected chi connectivity index (χ0v) is 10.4. The van der Waals surface area contributed by atoms with E-state index in [1.165, 1.54) is 16.1 Å². The van der Waals surface area contributed by atoms with Crippen LogP contribution < -0.4 is 0 Å². The molecule has 3 heteroatoms. The molecule has 1 heterocycles. The van der Waals surface area contributed by atoms with Crippen molar-refractivity contribution in [2.24, 2.45) is 5.92 Å². The van der Waals surface area contributed by atoms with E-state index in [1.54, 1.807) is 11.3 Å². The number of aromatic nitrogens is 1. The molecule has 3 atom stereocenters. The number of benzene rings is 1. The molecule has 4 rings (SSSR count). The van der Waals surface area contributed by atoms with Gasteiger partial charge in [0.15, 0.2) is 0 Å². The van der Waals surface area contributed by atoms with Crippen LogP contribution in [0.1, 0.15) is 30.7 Å². The average Bonchev–Trinajstić information content (AvgIpc) is 2.99. The van der Waals surface area contributed by atoms with Crippen LogP contribution in [0.4, 0.5) is 0 Å². The van der Waals surface area contributed by atoms with Gasteiger partial charge in [0.05, 0.1) is 16.3 Å². The fourth-order valence-corrected chi connectivity index (χ4v) is 4.89. The number of nitrogens with zero attached hydrogens (tertiary/aromatic N) is 1. The second kappa shape index (κ2) is 3.30. The van der Waals surface area contributed by atoms with Crippen LogP contribution in [0.5, 0.6) is 0 Å². The van der Waals surface area contributed by atoms with Crippen LogP contribution in [0.15, 0.2) is 24.3 Å². The van der Waals surface area contributed by atoms with E-state index in [2.05, 4.69) is 18.2 Å². The third-order valence-corrected chi connectivity index (χ3v) is 5.82. The summed E-state index contributed by atoms with van der Waals surface area (Å²) in [4.78, 5) is 4.77. The van der Waals surface area contributed by atoms with Crippen molar-refractivity contribution in [1.29, 1.82) is 0 Å².